The van der Waals surface area contributed by atoms with Crippen LogP contribution in [-0.2, 0) is 34.7 Å². The van der Waals surface area contributed by atoms with Gasteiger partial charge < -0.3 is 4.90 Å². The van der Waals surface area contributed by atoms with Crippen LogP contribution in [0.5, 0.6) is 0 Å². The van der Waals surface area contributed by atoms with E-state index in [4.69, 9.17) is 5.26 Å². The van der Waals surface area contributed by atoms with Crippen LogP contribution in [0.15, 0.2) is 29.3 Å². The highest BCUT2D eigenvalue weighted by Crippen LogP contribution is 2.23. The van der Waals surface area contributed by atoms with Gasteiger partial charge in [0.2, 0.25) is 5.91 Å². The molecule has 0 saturated carbocycles. The van der Waals surface area contributed by atoms with Crippen molar-refractivity contribution in [2.24, 2.45) is 7.05 Å². The number of carbonyl (C=O) groups is 1. The van der Waals surface area contributed by atoms with Gasteiger partial charge in [-0.3, -0.25) is 14.2 Å². The average molecular weight is 373 g/mol. The number of sulfonamides is 1. The average Bonchev–Trinajstić information content (AvgIpc) is 2.80. The van der Waals surface area contributed by atoms with Crippen molar-refractivity contribution in [3.05, 3.63) is 41.1 Å². The normalized spacial score (nSPS) is 14.3. The number of anilines is 1. The molecular formula is C17H19N5O3S. The third-order valence-corrected chi connectivity index (χ3v) is 5.75. The summed E-state index contributed by atoms with van der Waals surface area (Å²) < 4.78 is 29.1. The van der Waals surface area contributed by atoms with Crippen LogP contribution in [0.2, 0.25) is 0 Å². The van der Waals surface area contributed by atoms with Gasteiger partial charge in [-0.05, 0) is 36.1 Å². The Balaban J connectivity index is 1.88. The maximum Gasteiger partial charge on any atom is 0.263 e. The van der Waals surface area contributed by atoms with E-state index in [0.717, 1.165) is 11.1 Å². The second kappa shape index (κ2) is 6.80. The number of amides is 1. The van der Waals surface area contributed by atoms with Crippen LogP contribution in [-0.4, -0.2) is 42.1 Å². The fourth-order valence-corrected chi connectivity index (χ4v) is 4.08. The second-order valence-electron chi connectivity index (χ2n) is 6.22. The molecule has 9 heteroatoms. The van der Waals surface area contributed by atoms with E-state index in [0.29, 0.717) is 25.9 Å². The first-order chi connectivity index (χ1) is 12.3. The first kappa shape index (κ1) is 17.9. The summed E-state index contributed by atoms with van der Waals surface area (Å²) in [5.41, 5.74) is 2.12. The second-order valence-corrected chi connectivity index (χ2v) is 7.90. The van der Waals surface area contributed by atoms with Crippen molar-refractivity contribution in [1.29, 1.82) is 5.26 Å². The molecule has 1 amide bonds. The van der Waals surface area contributed by atoms with Crippen molar-refractivity contribution in [2.75, 3.05) is 17.8 Å². The van der Waals surface area contributed by atoms with Gasteiger partial charge in [0.1, 0.15) is 11.6 Å². The first-order valence-electron chi connectivity index (χ1n) is 8.14. The van der Waals surface area contributed by atoms with Crippen molar-refractivity contribution in [3.63, 3.8) is 0 Å². The Morgan fingerprint density at radius 3 is 2.62 bits per heavy atom. The van der Waals surface area contributed by atoms with E-state index in [9.17, 15) is 13.2 Å². The van der Waals surface area contributed by atoms with E-state index in [1.165, 1.54) is 17.8 Å². The molecular weight excluding hydrogens is 354 g/mol. The Labute approximate surface area is 152 Å². The number of hydrogen-bond acceptors (Lipinski definition) is 5. The Kier molecular flexibility index (Phi) is 4.70. The Hall–Kier alpha value is -2.86. The zero-order valence-corrected chi connectivity index (χ0v) is 15.4. The van der Waals surface area contributed by atoms with E-state index in [1.54, 1.807) is 30.1 Å². The van der Waals surface area contributed by atoms with Gasteiger partial charge in [-0.1, -0.05) is 6.07 Å². The van der Waals surface area contributed by atoms with Crippen LogP contribution in [0.25, 0.3) is 0 Å². The molecule has 1 aliphatic rings. The van der Waals surface area contributed by atoms with Crippen molar-refractivity contribution in [3.8, 4) is 6.07 Å². The van der Waals surface area contributed by atoms with Crippen LogP contribution in [0.3, 0.4) is 0 Å². The molecule has 1 aromatic heterocycles. The summed E-state index contributed by atoms with van der Waals surface area (Å²) in [4.78, 5) is 13.5. The molecule has 0 saturated heterocycles. The van der Waals surface area contributed by atoms with Gasteiger partial charge in [0.15, 0.2) is 5.82 Å². The van der Waals surface area contributed by atoms with E-state index >= 15 is 0 Å². The monoisotopic (exact) mass is 373 g/mol. The van der Waals surface area contributed by atoms with Crippen LogP contribution < -0.4 is 4.72 Å². The van der Waals surface area contributed by atoms with Gasteiger partial charge >= 0.3 is 0 Å². The van der Waals surface area contributed by atoms with Gasteiger partial charge in [0, 0.05) is 33.3 Å². The van der Waals surface area contributed by atoms with Crippen molar-refractivity contribution >= 4 is 21.7 Å². The molecule has 2 heterocycles. The highest BCUT2D eigenvalue weighted by molar-refractivity contribution is 7.92. The molecule has 0 atom stereocenters. The Morgan fingerprint density at radius 2 is 1.96 bits per heavy atom. The lowest BCUT2D eigenvalue weighted by molar-refractivity contribution is -0.128. The maximum absolute atomic E-state index is 12.7. The summed E-state index contributed by atoms with van der Waals surface area (Å²) >= 11 is 0. The van der Waals surface area contributed by atoms with Gasteiger partial charge in [-0.15, -0.1) is 0 Å². The topological polar surface area (TPSA) is 108 Å². The zero-order chi connectivity index (χ0) is 18.9. The molecule has 0 spiro atoms. The molecule has 0 fully saturated rings. The molecule has 0 aliphatic carbocycles. The Bertz CT molecular complexity index is 1000. The van der Waals surface area contributed by atoms with Gasteiger partial charge in [0.25, 0.3) is 10.0 Å². The molecule has 2 aromatic rings. The molecule has 0 bridgehead atoms. The fourth-order valence-electron chi connectivity index (χ4n) is 3.02. The standard InChI is InChI=1S/C17H19N5O3S/c1-12(23)22-7-5-13-3-4-16(9-14(13)6-8-22)26(24,25)20-17-15(10-18)11-21(2)19-17/h3-4,9,11H,5-8H2,1-2H3,(H,19,20). The minimum atomic E-state index is -3.87. The number of carbonyl (C=O) groups excluding carboxylic acids is 1. The van der Waals surface area contributed by atoms with Crippen LogP contribution in [0, 0.1) is 11.3 Å². The largest absolute Gasteiger partial charge is 0.342 e. The number of nitrogens with zero attached hydrogens (tertiary/aromatic N) is 4. The lowest BCUT2D eigenvalue weighted by Gasteiger charge is -2.17. The lowest BCUT2D eigenvalue weighted by Crippen LogP contribution is -2.30. The SMILES string of the molecule is CC(=O)N1CCc2ccc(S(=O)(=O)Nc3nn(C)cc3C#N)cc2CC1. The number of nitriles is 1. The summed E-state index contributed by atoms with van der Waals surface area (Å²) in [7, 11) is -2.25. The van der Waals surface area contributed by atoms with Gasteiger partial charge in [0.05, 0.1) is 4.90 Å². The van der Waals surface area contributed by atoms with Crippen molar-refractivity contribution in [2.45, 2.75) is 24.7 Å². The van der Waals surface area contributed by atoms with Gasteiger partial charge in [-0.25, -0.2) is 8.42 Å². The molecule has 3 rings (SSSR count). The molecule has 1 aliphatic heterocycles. The molecule has 0 radical (unpaired) electrons. The lowest BCUT2D eigenvalue weighted by atomic mass is 10.0. The van der Waals surface area contributed by atoms with Crippen molar-refractivity contribution in [1.82, 2.24) is 14.7 Å². The quantitative estimate of drug-likeness (QED) is 0.865. The smallest absolute Gasteiger partial charge is 0.263 e. The third-order valence-electron chi connectivity index (χ3n) is 4.42. The molecule has 26 heavy (non-hydrogen) atoms. The highest BCUT2D eigenvalue weighted by atomic mass is 32.2. The van der Waals surface area contributed by atoms with E-state index in [2.05, 4.69) is 9.82 Å². The van der Waals surface area contributed by atoms with E-state index in [1.807, 2.05) is 6.07 Å². The van der Waals surface area contributed by atoms with E-state index in [-0.39, 0.29) is 22.2 Å². The number of fused-ring (bicyclic) bond motifs is 1. The molecule has 136 valence electrons. The summed E-state index contributed by atoms with van der Waals surface area (Å²) in [5, 5.41) is 13.1. The first-order valence-corrected chi connectivity index (χ1v) is 9.62. The highest BCUT2D eigenvalue weighted by Gasteiger charge is 2.22. The number of aromatic nitrogens is 2. The van der Waals surface area contributed by atoms with E-state index < -0.39 is 10.0 Å². The molecule has 0 unspecified atom stereocenters. The number of aryl methyl sites for hydroxylation is 1. The number of nitrogens with one attached hydrogen (secondary N) is 1. The summed E-state index contributed by atoms with van der Waals surface area (Å²) in [6, 6.07) is 6.88. The fraction of sp³-hybridized carbons (Fsp3) is 0.353. The third kappa shape index (κ3) is 3.55. The molecule has 8 nitrogen and oxygen atoms in total. The maximum atomic E-state index is 12.7. The van der Waals surface area contributed by atoms with Gasteiger partial charge in [-0.2, -0.15) is 10.4 Å². The van der Waals surface area contributed by atoms with Crippen LogP contribution in [0.4, 0.5) is 5.82 Å². The molecule has 1 N–H and O–H groups in total. The predicted octanol–water partition coefficient (Wildman–Crippen LogP) is 1.04. The Morgan fingerprint density at radius 1 is 1.27 bits per heavy atom. The van der Waals surface area contributed by atoms with Crippen LogP contribution >= 0.6 is 0 Å². The minimum Gasteiger partial charge on any atom is -0.342 e. The summed E-state index contributed by atoms with van der Waals surface area (Å²) in [5.74, 6) is 0.0270. The molecule has 1 aromatic carbocycles. The number of rotatable bonds is 3. The van der Waals surface area contributed by atoms with Crippen molar-refractivity contribution < 1.29 is 13.2 Å². The van der Waals surface area contributed by atoms with Crippen LogP contribution in [0.1, 0.15) is 23.6 Å². The summed E-state index contributed by atoms with van der Waals surface area (Å²) in [6.07, 6.45) is 2.75. The zero-order valence-electron chi connectivity index (χ0n) is 14.6. The number of hydrogen-bond donors (Lipinski definition) is 1. The minimum absolute atomic E-state index is 0.00713. The predicted molar refractivity (Wildman–Crippen MR) is 94.8 cm³/mol. The summed E-state index contributed by atoms with van der Waals surface area (Å²) in [6.45, 7) is 2.74. The number of benzene rings is 1.